The first-order chi connectivity index (χ1) is 9.00. The molecule has 1 saturated carbocycles. The van der Waals surface area contributed by atoms with Crippen molar-refractivity contribution in [3.8, 4) is 0 Å². The Balaban J connectivity index is 2.19. The van der Waals surface area contributed by atoms with E-state index in [0.717, 1.165) is 10.4 Å². The standard InChI is InChI=1S/C16H25BrN2/c1-11-6-4-5-7-16(11)19(3)13-8-9-14(12(2)18)15(17)10-13/h8-12,16H,4-7,18H2,1-3H3/t11?,12-,16?/m0/s1. The molecule has 0 spiro atoms. The van der Waals surface area contributed by atoms with Crippen LogP contribution in [-0.2, 0) is 0 Å². The number of rotatable bonds is 3. The maximum absolute atomic E-state index is 5.96. The van der Waals surface area contributed by atoms with Crippen LogP contribution >= 0.6 is 15.9 Å². The number of halogens is 1. The van der Waals surface area contributed by atoms with E-state index in [2.05, 4.69) is 53.0 Å². The van der Waals surface area contributed by atoms with Crippen molar-refractivity contribution in [1.82, 2.24) is 0 Å². The molecule has 0 aliphatic heterocycles. The number of nitrogens with two attached hydrogens (primary N) is 1. The molecule has 0 aromatic heterocycles. The molecular weight excluding hydrogens is 300 g/mol. The summed E-state index contributed by atoms with van der Waals surface area (Å²) in [4.78, 5) is 2.44. The summed E-state index contributed by atoms with van der Waals surface area (Å²) in [7, 11) is 2.22. The van der Waals surface area contributed by atoms with Crippen molar-refractivity contribution in [3.05, 3.63) is 28.2 Å². The van der Waals surface area contributed by atoms with Gasteiger partial charge in [0.05, 0.1) is 0 Å². The zero-order valence-electron chi connectivity index (χ0n) is 12.2. The van der Waals surface area contributed by atoms with Gasteiger partial charge >= 0.3 is 0 Å². The molecule has 3 atom stereocenters. The smallest absolute Gasteiger partial charge is 0.0377 e. The number of hydrogen-bond acceptors (Lipinski definition) is 2. The van der Waals surface area contributed by atoms with Crippen LogP contribution in [0.3, 0.4) is 0 Å². The van der Waals surface area contributed by atoms with Crippen molar-refractivity contribution in [2.45, 2.75) is 51.6 Å². The highest BCUT2D eigenvalue weighted by Crippen LogP contribution is 2.33. The molecule has 106 valence electrons. The number of nitrogens with zero attached hydrogens (tertiary/aromatic N) is 1. The summed E-state index contributed by atoms with van der Waals surface area (Å²) >= 11 is 3.65. The van der Waals surface area contributed by atoms with Crippen molar-refractivity contribution in [3.63, 3.8) is 0 Å². The van der Waals surface area contributed by atoms with Gasteiger partial charge in [-0.15, -0.1) is 0 Å². The molecule has 2 N–H and O–H groups in total. The van der Waals surface area contributed by atoms with E-state index in [1.165, 1.54) is 36.9 Å². The zero-order valence-corrected chi connectivity index (χ0v) is 13.8. The van der Waals surface area contributed by atoms with Gasteiger partial charge in [-0.05, 0) is 43.4 Å². The second kappa shape index (κ2) is 6.27. The highest BCUT2D eigenvalue weighted by atomic mass is 79.9. The van der Waals surface area contributed by atoms with E-state index in [4.69, 9.17) is 5.73 Å². The Bertz CT molecular complexity index is 431. The minimum absolute atomic E-state index is 0.0716. The molecule has 1 aliphatic carbocycles. The molecular formula is C16H25BrN2. The predicted octanol–water partition coefficient (Wildman–Crippen LogP) is 4.48. The van der Waals surface area contributed by atoms with Crippen LogP contribution in [0.1, 0.15) is 51.1 Å². The van der Waals surface area contributed by atoms with E-state index in [1.54, 1.807) is 0 Å². The Morgan fingerprint density at radius 2 is 2.00 bits per heavy atom. The quantitative estimate of drug-likeness (QED) is 0.887. The number of benzene rings is 1. The molecule has 0 saturated heterocycles. The largest absolute Gasteiger partial charge is 0.371 e. The molecule has 0 radical (unpaired) electrons. The fraction of sp³-hybridized carbons (Fsp3) is 0.625. The van der Waals surface area contributed by atoms with Gasteiger partial charge in [0.1, 0.15) is 0 Å². The maximum atomic E-state index is 5.96. The van der Waals surface area contributed by atoms with Crippen LogP contribution in [-0.4, -0.2) is 13.1 Å². The van der Waals surface area contributed by atoms with Crippen molar-refractivity contribution < 1.29 is 0 Å². The molecule has 1 aliphatic rings. The minimum atomic E-state index is 0.0716. The van der Waals surface area contributed by atoms with E-state index in [9.17, 15) is 0 Å². The zero-order chi connectivity index (χ0) is 14.0. The lowest BCUT2D eigenvalue weighted by Crippen LogP contribution is -2.39. The second-order valence-corrected chi connectivity index (χ2v) is 6.79. The number of anilines is 1. The molecule has 19 heavy (non-hydrogen) atoms. The van der Waals surface area contributed by atoms with Gasteiger partial charge in [-0.1, -0.05) is 41.8 Å². The van der Waals surface area contributed by atoms with Crippen molar-refractivity contribution >= 4 is 21.6 Å². The van der Waals surface area contributed by atoms with Gasteiger partial charge in [0.2, 0.25) is 0 Å². The monoisotopic (exact) mass is 324 g/mol. The topological polar surface area (TPSA) is 29.3 Å². The van der Waals surface area contributed by atoms with Gasteiger partial charge in [-0.2, -0.15) is 0 Å². The van der Waals surface area contributed by atoms with Gasteiger partial charge in [0.15, 0.2) is 0 Å². The summed E-state index contributed by atoms with van der Waals surface area (Å²) in [5.41, 5.74) is 8.42. The predicted molar refractivity (Wildman–Crippen MR) is 86.6 cm³/mol. The van der Waals surface area contributed by atoms with Gasteiger partial charge in [0, 0.05) is 29.3 Å². The first-order valence-corrected chi connectivity index (χ1v) is 8.08. The van der Waals surface area contributed by atoms with Crippen LogP contribution in [0.4, 0.5) is 5.69 Å². The van der Waals surface area contributed by atoms with Crippen LogP contribution in [0, 0.1) is 5.92 Å². The Morgan fingerprint density at radius 1 is 1.32 bits per heavy atom. The lowest BCUT2D eigenvalue weighted by Gasteiger charge is -2.38. The molecule has 1 fully saturated rings. The molecule has 0 amide bonds. The summed E-state index contributed by atoms with van der Waals surface area (Å²) < 4.78 is 1.12. The summed E-state index contributed by atoms with van der Waals surface area (Å²) in [6, 6.07) is 7.29. The van der Waals surface area contributed by atoms with Crippen LogP contribution in [0.5, 0.6) is 0 Å². The summed E-state index contributed by atoms with van der Waals surface area (Å²) in [5.74, 6) is 0.783. The second-order valence-electron chi connectivity index (χ2n) is 5.93. The average Bonchev–Trinajstić information content (AvgIpc) is 2.38. The molecule has 1 aromatic rings. The molecule has 0 bridgehead atoms. The molecule has 2 rings (SSSR count). The van der Waals surface area contributed by atoms with Gasteiger partial charge in [0.25, 0.3) is 0 Å². The summed E-state index contributed by atoms with van der Waals surface area (Å²) in [6.07, 6.45) is 5.41. The molecule has 0 heterocycles. The van der Waals surface area contributed by atoms with Crippen LogP contribution < -0.4 is 10.6 Å². The number of hydrogen-bond donors (Lipinski definition) is 1. The third-order valence-electron chi connectivity index (χ3n) is 4.45. The first kappa shape index (κ1) is 14.9. The lowest BCUT2D eigenvalue weighted by molar-refractivity contribution is 0.321. The molecule has 2 unspecified atom stereocenters. The fourth-order valence-electron chi connectivity index (χ4n) is 3.17. The molecule has 1 aromatic carbocycles. The lowest BCUT2D eigenvalue weighted by atomic mass is 9.85. The summed E-state index contributed by atoms with van der Waals surface area (Å²) in [5, 5.41) is 0. The first-order valence-electron chi connectivity index (χ1n) is 7.28. The van der Waals surface area contributed by atoms with Crippen LogP contribution in [0.25, 0.3) is 0 Å². The van der Waals surface area contributed by atoms with Crippen LogP contribution in [0.15, 0.2) is 22.7 Å². The normalized spacial score (nSPS) is 25.1. The van der Waals surface area contributed by atoms with Gasteiger partial charge in [-0.25, -0.2) is 0 Å². The average molecular weight is 325 g/mol. The van der Waals surface area contributed by atoms with E-state index in [1.807, 2.05) is 6.92 Å². The Hall–Kier alpha value is -0.540. The molecule has 3 heteroatoms. The van der Waals surface area contributed by atoms with E-state index in [-0.39, 0.29) is 6.04 Å². The Kier molecular flexibility index (Phi) is 4.91. The van der Waals surface area contributed by atoms with Gasteiger partial charge in [-0.3, -0.25) is 0 Å². The van der Waals surface area contributed by atoms with E-state index in [0.29, 0.717) is 6.04 Å². The maximum Gasteiger partial charge on any atom is 0.0377 e. The fourth-order valence-corrected chi connectivity index (χ4v) is 3.90. The van der Waals surface area contributed by atoms with E-state index < -0.39 is 0 Å². The highest BCUT2D eigenvalue weighted by Gasteiger charge is 2.25. The van der Waals surface area contributed by atoms with Crippen molar-refractivity contribution in [1.29, 1.82) is 0 Å². The minimum Gasteiger partial charge on any atom is -0.371 e. The van der Waals surface area contributed by atoms with Crippen LogP contribution in [0.2, 0.25) is 0 Å². The Morgan fingerprint density at radius 3 is 2.58 bits per heavy atom. The van der Waals surface area contributed by atoms with Crippen molar-refractivity contribution in [2.75, 3.05) is 11.9 Å². The highest BCUT2D eigenvalue weighted by molar-refractivity contribution is 9.10. The third kappa shape index (κ3) is 3.32. The SMILES string of the molecule is CC1CCCCC1N(C)c1ccc([C@H](C)N)c(Br)c1. The van der Waals surface area contributed by atoms with Crippen molar-refractivity contribution in [2.24, 2.45) is 11.7 Å². The van der Waals surface area contributed by atoms with Gasteiger partial charge < -0.3 is 10.6 Å². The van der Waals surface area contributed by atoms with E-state index >= 15 is 0 Å². The summed E-state index contributed by atoms with van der Waals surface area (Å²) in [6.45, 7) is 4.40. The Labute approximate surface area is 125 Å². The third-order valence-corrected chi connectivity index (χ3v) is 5.13. The molecule has 2 nitrogen and oxygen atoms in total.